The lowest BCUT2D eigenvalue weighted by atomic mass is 10.2. The van der Waals surface area contributed by atoms with Crippen LogP contribution in [0.5, 0.6) is 5.88 Å². The second-order valence-corrected chi connectivity index (χ2v) is 6.11. The van der Waals surface area contributed by atoms with Crippen LogP contribution in [0, 0.1) is 6.92 Å². The van der Waals surface area contributed by atoms with E-state index in [2.05, 4.69) is 37.7 Å². The Bertz CT molecular complexity index is 422. The molecule has 112 valence electrons. The zero-order chi connectivity index (χ0) is 14.4. The van der Waals surface area contributed by atoms with Gasteiger partial charge in [-0.15, -0.1) is 0 Å². The van der Waals surface area contributed by atoms with Crippen LogP contribution < -0.4 is 9.64 Å². The molecule has 0 amide bonds. The van der Waals surface area contributed by atoms with E-state index >= 15 is 0 Å². The number of anilines is 1. The maximum Gasteiger partial charge on any atom is 0.229 e. The first-order valence-electron chi connectivity index (χ1n) is 7.55. The molecule has 0 radical (unpaired) electrons. The van der Waals surface area contributed by atoms with Gasteiger partial charge in [0.25, 0.3) is 0 Å². The second kappa shape index (κ2) is 7.81. The maximum atomic E-state index is 5.68. The molecule has 4 nitrogen and oxygen atoms in total. The number of aryl methyl sites for hydroxylation is 1. The summed E-state index contributed by atoms with van der Waals surface area (Å²) in [7, 11) is 0. The first-order valence-corrected chi connectivity index (χ1v) is 8.67. The van der Waals surface area contributed by atoms with Crippen LogP contribution in [0.25, 0.3) is 0 Å². The van der Waals surface area contributed by atoms with Gasteiger partial charge < -0.3 is 9.64 Å². The number of hydrogen-bond acceptors (Lipinski definition) is 4. The maximum absolute atomic E-state index is 5.68. The molecule has 1 aliphatic carbocycles. The molecule has 0 unspecified atom stereocenters. The van der Waals surface area contributed by atoms with Gasteiger partial charge in [-0.2, -0.15) is 4.98 Å². The standard InChI is InChI=1S/C15H24BrN3O/c1-3-10-20-14-11-12(2)17-15(18-14)19(9-8-16)13-6-4-5-7-13/h11,13H,3-10H2,1-2H3. The van der Waals surface area contributed by atoms with Gasteiger partial charge in [-0.25, -0.2) is 4.98 Å². The first-order chi connectivity index (χ1) is 9.74. The summed E-state index contributed by atoms with van der Waals surface area (Å²) >= 11 is 3.54. The Balaban J connectivity index is 2.19. The normalized spacial score (nSPS) is 15.6. The Kier molecular flexibility index (Phi) is 6.07. The minimum Gasteiger partial charge on any atom is -0.478 e. The highest BCUT2D eigenvalue weighted by atomic mass is 79.9. The van der Waals surface area contributed by atoms with Gasteiger partial charge in [0.05, 0.1) is 6.61 Å². The fraction of sp³-hybridized carbons (Fsp3) is 0.733. The van der Waals surface area contributed by atoms with Crippen LogP contribution in [-0.2, 0) is 0 Å². The minimum absolute atomic E-state index is 0.577. The van der Waals surface area contributed by atoms with E-state index in [1.165, 1.54) is 25.7 Å². The van der Waals surface area contributed by atoms with Gasteiger partial charge in [-0.3, -0.25) is 0 Å². The van der Waals surface area contributed by atoms with Crippen molar-refractivity contribution in [1.29, 1.82) is 0 Å². The molecule has 1 fully saturated rings. The summed E-state index contributed by atoms with van der Waals surface area (Å²) in [6.45, 7) is 5.76. The van der Waals surface area contributed by atoms with Crippen LogP contribution in [-0.4, -0.2) is 34.5 Å². The number of aromatic nitrogens is 2. The van der Waals surface area contributed by atoms with E-state index in [-0.39, 0.29) is 0 Å². The van der Waals surface area contributed by atoms with E-state index in [4.69, 9.17) is 4.74 Å². The van der Waals surface area contributed by atoms with Crippen LogP contribution in [0.2, 0.25) is 0 Å². The number of nitrogens with zero attached hydrogens (tertiary/aromatic N) is 3. The molecule has 0 aromatic carbocycles. The van der Waals surface area contributed by atoms with Crippen molar-refractivity contribution >= 4 is 21.9 Å². The Morgan fingerprint density at radius 3 is 2.75 bits per heavy atom. The van der Waals surface area contributed by atoms with Crippen molar-refractivity contribution < 1.29 is 4.74 Å². The molecule has 0 bridgehead atoms. The molecule has 1 aliphatic rings. The fourth-order valence-electron chi connectivity index (χ4n) is 2.69. The van der Waals surface area contributed by atoms with Gasteiger partial charge in [0, 0.05) is 29.7 Å². The van der Waals surface area contributed by atoms with Gasteiger partial charge >= 0.3 is 0 Å². The van der Waals surface area contributed by atoms with Gasteiger partial charge in [0.2, 0.25) is 11.8 Å². The quantitative estimate of drug-likeness (QED) is 0.708. The van der Waals surface area contributed by atoms with Crippen LogP contribution in [0.3, 0.4) is 0 Å². The third-order valence-electron chi connectivity index (χ3n) is 3.62. The molecule has 0 atom stereocenters. The summed E-state index contributed by atoms with van der Waals surface area (Å²) in [6.07, 6.45) is 6.11. The van der Waals surface area contributed by atoms with Crippen LogP contribution >= 0.6 is 15.9 Å². The van der Waals surface area contributed by atoms with E-state index in [9.17, 15) is 0 Å². The third-order valence-corrected chi connectivity index (χ3v) is 3.98. The zero-order valence-electron chi connectivity index (χ0n) is 12.4. The van der Waals surface area contributed by atoms with E-state index in [0.717, 1.165) is 29.9 Å². The molecule has 0 spiro atoms. The zero-order valence-corrected chi connectivity index (χ0v) is 14.0. The average molecular weight is 342 g/mol. The van der Waals surface area contributed by atoms with Crippen molar-refractivity contribution in [1.82, 2.24) is 9.97 Å². The second-order valence-electron chi connectivity index (χ2n) is 5.32. The van der Waals surface area contributed by atoms with Crippen molar-refractivity contribution in [3.8, 4) is 5.88 Å². The van der Waals surface area contributed by atoms with Crippen LogP contribution in [0.1, 0.15) is 44.7 Å². The molecule has 5 heteroatoms. The average Bonchev–Trinajstić information content (AvgIpc) is 2.95. The Labute approximate surface area is 130 Å². The third kappa shape index (κ3) is 4.08. The van der Waals surface area contributed by atoms with Crippen molar-refractivity contribution in [3.63, 3.8) is 0 Å². The van der Waals surface area contributed by atoms with E-state index in [0.29, 0.717) is 18.5 Å². The monoisotopic (exact) mass is 341 g/mol. The lowest BCUT2D eigenvalue weighted by molar-refractivity contribution is 0.304. The molecule has 1 aromatic rings. The predicted molar refractivity (Wildman–Crippen MR) is 86.0 cm³/mol. The van der Waals surface area contributed by atoms with Crippen molar-refractivity contribution in [2.24, 2.45) is 0 Å². The summed E-state index contributed by atoms with van der Waals surface area (Å²) < 4.78 is 5.68. The lowest BCUT2D eigenvalue weighted by Crippen LogP contribution is -2.36. The highest BCUT2D eigenvalue weighted by Crippen LogP contribution is 2.27. The van der Waals surface area contributed by atoms with E-state index < -0.39 is 0 Å². The molecule has 0 saturated heterocycles. The topological polar surface area (TPSA) is 38.2 Å². The first kappa shape index (κ1) is 15.5. The van der Waals surface area contributed by atoms with E-state index in [1.54, 1.807) is 0 Å². The van der Waals surface area contributed by atoms with Gasteiger partial charge in [0.1, 0.15) is 0 Å². The number of alkyl halides is 1. The Morgan fingerprint density at radius 2 is 2.10 bits per heavy atom. The number of rotatable bonds is 7. The SMILES string of the molecule is CCCOc1cc(C)nc(N(CCBr)C2CCCC2)n1. The molecule has 0 N–H and O–H groups in total. The number of ether oxygens (including phenoxy) is 1. The molecule has 1 saturated carbocycles. The molecular weight excluding hydrogens is 318 g/mol. The van der Waals surface area contributed by atoms with Crippen LogP contribution in [0.15, 0.2) is 6.07 Å². The molecule has 1 heterocycles. The largest absolute Gasteiger partial charge is 0.478 e. The molecule has 2 rings (SSSR count). The predicted octanol–water partition coefficient (Wildman–Crippen LogP) is 3.72. The summed E-state index contributed by atoms with van der Waals surface area (Å²) in [4.78, 5) is 11.6. The summed E-state index contributed by atoms with van der Waals surface area (Å²) in [5.74, 6) is 1.52. The molecule has 1 aromatic heterocycles. The highest BCUT2D eigenvalue weighted by molar-refractivity contribution is 9.09. The molecule has 20 heavy (non-hydrogen) atoms. The summed E-state index contributed by atoms with van der Waals surface area (Å²) in [6, 6.07) is 2.49. The Morgan fingerprint density at radius 1 is 1.35 bits per heavy atom. The van der Waals surface area contributed by atoms with Gasteiger partial charge in [-0.1, -0.05) is 35.7 Å². The van der Waals surface area contributed by atoms with Crippen molar-refractivity contribution in [3.05, 3.63) is 11.8 Å². The number of halogens is 1. The summed E-state index contributed by atoms with van der Waals surface area (Å²) in [5.41, 5.74) is 0.971. The lowest BCUT2D eigenvalue weighted by Gasteiger charge is -2.28. The fourth-order valence-corrected chi connectivity index (χ4v) is 3.07. The van der Waals surface area contributed by atoms with Gasteiger partial charge in [-0.05, 0) is 26.2 Å². The Hall–Kier alpha value is -0.840. The van der Waals surface area contributed by atoms with Crippen molar-refractivity contribution in [2.45, 2.75) is 52.0 Å². The van der Waals surface area contributed by atoms with Crippen LogP contribution in [0.4, 0.5) is 5.95 Å². The summed E-state index contributed by atoms with van der Waals surface area (Å²) in [5, 5.41) is 0.936. The smallest absolute Gasteiger partial charge is 0.229 e. The van der Waals surface area contributed by atoms with Crippen molar-refractivity contribution in [2.75, 3.05) is 23.4 Å². The van der Waals surface area contributed by atoms with Gasteiger partial charge in [0.15, 0.2) is 0 Å². The highest BCUT2D eigenvalue weighted by Gasteiger charge is 2.24. The molecular formula is C15H24BrN3O. The number of hydrogen-bond donors (Lipinski definition) is 0. The van der Waals surface area contributed by atoms with E-state index in [1.807, 2.05) is 13.0 Å². The minimum atomic E-state index is 0.577. The molecule has 0 aliphatic heterocycles.